The maximum Gasteiger partial charge on any atom is 0.0769 e. The lowest BCUT2D eigenvalue weighted by atomic mass is 9.97. The van der Waals surface area contributed by atoms with Crippen molar-refractivity contribution in [2.75, 3.05) is 0 Å². The minimum atomic E-state index is 0.0520. The highest BCUT2D eigenvalue weighted by Gasteiger charge is 2.11. The van der Waals surface area contributed by atoms with Crippen molar-refractivity contribution in [3.05, 3.63) is 54.0 Å². The van der Waals surface area contributed by atoms with E-state index in [4.69, 9.17) is 11.6 Å². The Morgan fingerprint density at radius 1 is 1.18 bits per heavy atom. The third kappa shape index (κ3) is 1.19. The van der Waals surface area contributed by atoms with Crippen molar-refractivity contribution < 1.29 is 0 Å². The van der Waals surface area contributed by atoms with Gasteiger partial charge in [0.2, 0.25) is 0 Å². The number of hydrogen-bond donors (Lipinski definition) is 0. The summed E-state index contributed by atoms with van der Waals surface area (Å²) in [6.07, 6.45) is 6.07. The van der Waals surface area contributed by atoms with Gasteiger partial charge in [0.05, 0.1) is 5.38 Å². The van der Waals surface area contributed by atoms with E-state index in [9.17, 15) is 0 Å². The first-order valence-corrected chi connectivity index (χ1v) is 4.06. The maximum atomic E-state index is 6.04. The molecule has 0 amide bonds. The molecule has 0 aliphatic heterocycles. The second-order valence-corrected chi connectivity index (χ2v) is 3.05. The van der Waals surface area contributed by atoms with Crippen molar-refractivity contribution >= 4 is 11.6 Å². The van der Waals surface area contributed by atoms with E-state index >= 15 is 0 Å². The van der Waals surface area contributed by atoms with Crippen molar-refractivity contribution in [1.82, 2.24) is 0 Å². The van der Waals surface area contributed by atoms with Crippen LogP contribution in [0.4, 0.5) is 0 Å². The van der Waals surface area contributed by atoms with Gasteiger partial charge in [-0.1, -0.05) is 36.4 Å². The maximum absolute atomic E-state index is 6.04. The first-order valence-electron chi connectivity index (χ1n) is 3.62. The molecule has 0 saturated heterocycles. The zero-order valence-electron chi connectivity index (χ0n) is 6.00. The molecule has 2 rings (SSSR count). The Morgan fingerprint density at radius 2 is 2.00 bits per heavy atom. The van der Waals surface area contributed by atoms with Crippen molar-refractivity contribution in [3.8, 4) is 0 Å². The summed E-state index contributed by atoms with van der Waals surface area (Å²) in [5.41, 5.74) is 2.44. The zero-order chi connectivity index (χ0) is 7.68. The molecule has 11 heavy (non-hydrogen) atoms. The average Bonchev–Trinajstić information content (AvgIpc) is 2.06. The molecule has 1 unspecified atom stereocenters. The highest BCUT2D eigenvalue weighted by Crippen LogP contribution is 2.30. The summed E-state index contributed by atoms with van der Waals surface area (Å²) in [5, 5.41) is 0.0520. The fourth-order valence-corrected chi connectivity index (χ4v) is 1.56. The molecular formula is C10H8Cl. The third-order valence-corrected chi connectivity index (χ3v) is 2.23. The van der Waals surface area contributed by atoms with Crippen LogP contribution in [-0.4, -0.2) is 0 Å². The van der Waals surface area contributed by atoms with E-state index in [-0.39, 0.29) is 5.38 Å². The number of halogens is 1. The molecule has 0 nitrogen and oxygen atoms in total. The van der Waals surface area contributed by atoms with Gasteiger partial charge in [-0.2, -0.15) is 0 Å². The summed E-state index contributed by atoms with van der Waals surface area (Å²) in [4.78, 5) is 0. The van der Waals surface area contributed by atoms with E-state index in [1.165, 1.54) is 11.1 Å². The average molecular weight is 164 g/mol. The van der Waals surface area contributed by atoms with Gasteiger partial charge in [-0.25, -0.2) is 0 Å². The van der Waals surface area contributed by atoms with Gasteiger partial charge in [0.1, 0.15) is 0 Å². The standard InChI is InChI=1S/C10H8Cl/c11-10-7-3-5-8-4-1-2-6-9(8)10/h1-7,10H. The molecule has 0 saturated carbocycles. The van der Waals surface area contributed by atoms with Crippen molar-refractivity contribution in [2.24, 2.45) is 0 Å². The van der Waals surface area contributed by atoms with Crippen LogP contribution in [0.1, 0.15) is 16.5 Å². The smallest absolute Gasteiger partial charge is 0.0769 e. The van der Waals surface area contributed by atoms with Crippen LogP contribution in [0.3, 0.4) is 0 Å². The van der Waals surface area contributed by atoms with Crippen LogP contribution < -0.4 is 0 Å². The summed E-state index contributed by atoms with van der Waals surface area (Å²) >= 11 is 6.04. The van der Waals surface area contributed by atoms with Gasteiger partial charge in [0.15, 0.2) is 0 Å². The molecule has 0 fully saturated rings. The first kappa shape index (κ1) is 6.93. The fraction of sp³-hybridized carbons (Fsp3) is 0.100. The Morgan fingerprint density at radius 3 is 2.82 bits per heavy atom. The van der Waals surface area contributed by atoms with Crippen LogP contribution in [0.5, 0.6) is 0 Å². The highest BCUT2D eigenvalue weighted by atomic mass is 35.5. The lowest BCUT2D eigenvalue weighted by Gasteiger charge is -2.14. The summed E-state index contributed by atoms with van der Waals surface area (Å²) in [5.74, 6) is 0. The number of rotatable bonds is 0. The van der Waals surface area contributed by atoms with Crippen LogP contribution in [0.25, 0.3) is 0 Å². The van der Waals surface area contributed by atoms with E-state index in [1.807, 2.05) is 24.3 Å². The SMILES string of the molecule is ClC1C=C[CH]c2ccccc21. The van der Waals surface area contributed by atoms with Crippen LogP contribution >= 0.6 is 11.6 Å². The molecule has 1 aliphatic carbocycles. The molecule has 1 aromatic carbocycles. The molecule has 1 atom stereocenters. The molecule has 0 heterocycles. The number of allylic oxidation sites excluding steroid dienone is 2. The van der Waals surface area contributed by atoms with Crippen molar-refractivity contribution in [2.45, 2.75) is 5.38 Å². The summed E-state index contributed by atoms with van der Waals surface area (Å²) in [6, 6.07) is 8.18. The predicted octanol–water partition coefficient (Wildman–Crippen LogP) is 3.09. The molecule has 1 heteroatoms. The van der Waals surface area contributed by atoms with Crippen molar-refractivity contribution in [3.63, 3.8) is 0 Å². The van der Waals surface area contributed by atoms with E-state index in [0.29, 0.717) is 0 Å². The molecule has 1 radical (unpaired) electrons. The number of alkyl halides is 1. The zero-order valence-corrected chi connectivity index (χ0v) is 6.75. The van der Waals surface area contributed by atoms with Gasteiger partial charge < -0.3 is 0 Å². The number of benzene rings is 1. The molecule has 0 spiro atoms. The number of hydrogen-bond acceptors (Lipinski definition) is 0. The molecule has 55 valence electrons. The minimum absolute atomic E-state index is 0.0520. The van der Waals surface area contributed by atoms with Crippen LogP contribution in [0.2, 0.25) is 0 Å². The van der Waals surface area contributed by atoms with Crippen LogP contribution in [0, 0.1) is 6.42 Å². The van der Waals surface area contributed by atoms with E-state index in [0.717, 1.165) is 0 Å². The van der Waals surface area contributed by atoms with Gasteiger partial charge in [-0.3, -0.25) is 0 Å². The highest BCUT2D eigenvalue weighted by molar-refractivity contribution is 6.22. The van der Waals surface area contributed by atoms with Gasteiger partial charge in [-0.15, -0.1) is 11.6 Å². The van der Waals surface area contributed by atoms with Crippen LogP contribution in [0.15, 0.2) is 36.4 Å². The van der Waals surface area contributed by atoms with Gasteiger partial charge in [0, 0.05) is 6.42 Å². The largest absolute Gasteiger partial charge is 0.113 e. The Balaban J connectivity index is 2.50. The quantitative estimate of drug-likeness (QED) is 0.516. The van der Waals surface area contributed by atoms with E-state index in [1.54, 1.807) is 0 Å². The Hall–Kier alpha value is -0.750. The van der Waals surface area contributed by atoms with E-state index in [2.05, 4.69) is 18.6 Å². The molecule has 0 N–H and O–H groups in total. The second-order valence-electron chi connectivity index (χ2n) is 2.58. The van der Waals surface area contributed by atoms with Crippen LogP contribution in [-0.2, 0) is 0 Å². The van der Waals surface area contributed by atoms with Gasteiger partial charge in [0.25, 0.3) is 0 Å². The third-order valence-electron chi connectivity index (χ3n) is 1.85. The molecular weight excluding hydrogens is 156 g/mol. The minimum Gasteiger partial charge on any atom is -0.113 e. The van der Waals surface area contributed by atoms with Crippen molar-refractivity contribution in [1.29, 1.82) is 0 Å². The normalized spacial score (nSPS) is 21.4. The van der Waals surface area contributed by atoms with Gasteiger partial charge in [-0.05, 0) is 11.1 Å². The summed E-state index contributed by atoms with van der Waals surface area (Å²) in [6.45, 7) is 0. The summed E-state index contributed by atoms with van der Waals surface area (Å²) < 4.78 is 0. The number of fused-ring (bicyclic) bond motifs is 1. The Labute approximate surface area is 71.5 Å². The Bertz CT molecular complexity index is 289. The first-order chi connectivity index (χ1) is 5.38. The van der Waals surface area contributed by atoms with Gasteiger partial charge >= 0.3 is 0 Å². The molecule has 1 aliphatic rings. The van der Waals surface area contributed by atoms with E-state index < -0.39 is 0 Å². The summed E-state index contributed by atoms with van der Waals surface area (Å²) in [7, 11) is 0. The monoisotopic (exact) mass is 163 g/mol. The molecule has 0 aromatic heterocycles. The second kappa shape index (κ2) is 2.71. The molecule has 1 aromatic rings. The molecule has 0 bridgehead atoms. The lowest BCUT2D eigenvalue weighted by molar-refractivity contribution is 1.15. The lowest BCUT2D eigenvalue weighted by Crippen LogP contribution is -1.96. The Kier molecular flexibility index (Phi) is 1.71. The predicted molar refractivity (Wildman–Crippen MR) is 47.6 cm³/mol. The fourth-order valence-electron chi connectivity index (χ4n) is 1.27. The topological polar surface area (TPSA) is 0 Å².